The Hall–Kier alpha value is -2.30. The standard InChI is InChI=1S/C15H11F3O2/c1-9-3-2-4-14(15(9)18)20-8-13(19)10-5-6-11(16)12(17)7-10/h2-7H,8H2,1H3. The van der Waals surface area contributed by atoms with Crippen LogP contribution in [0.5, 0.6) is 5.75 Å². The molecule has 0 N–H and O–H groups in total. The van der Waals surface area contributed by atoms with Gasteiger partial charge in [0.15, 0.2) is 35.6 Å². The summed E-state index contributed by atoms with van der Waals surface area (Å²) < 4.78 is 44.4. The van der Waals surface area contributed by atoms with Crippen molar-refractivity contribution < 1.29 is 22.7 Å². The number of benzene rings is 2. The molecule has 0 heterocycles. The Morgan fingerprint density at radius 3 is 2.55 bits per heavy atom. The van der Waals surface area contributed by atoms with Crippen LogP contribution in [0.4, 0.5) is 13.2 Å². The number of hydrogen-bond acceptors (Lipinski definition) is 2. The molecule has 0 fully saturated rings. The SMILES string of the molecule is Cc1cccc(OCC(=O)c2ccc(F)c(F)c2)c1F. The molecule has 0 amide bonds. The molecule has 2 aromatic rings. The maximum absolute atomic E-state index is 13.6. The number of ketones is 1. The lowest BCUT2D eigenvalue weighted by atomic mass is 10.1. The van der Waals surface area contributed by atoms with Crippen LogP contribution in [0, 0.1) is 24.4 Å². The summed E-state index contributed by atoms with van der Waals surface area (Å²) in [5.74, 6) is -3.32. The summed E-state index contributed by atoms with van der Waals surface area (Å²) in [7, 11) is 0. The predicted molar refractivity (Wildman–Crippen MR) is 67.3 cm³/mol. The summed E-state index contributed by atoms with van der Waals surface area (Å²) in [5, 5.41) is 0. The van der Waals surface area contributed by atoms with Gasteiger partial charge in [-0.3, -0.25) is 4.79 Å². The van der Waals surface area contributed by atoms with Gasteiger partial charge in [0.25, 0.3) is 0 Å². The third-order valence-corrected chi connectivity index (χ3v) is 2.76. The molecule has 2 aromatic carbocycles. The van der Waals surface area contributed by atoms with Gasteiger partial charge in [-0.25, -0.2) is 13.2 Å². The average Bonchev–Trinajstić information content (AvgIpc) is 2.43. The molecule has 0 spiro atoms. The van der Waals surface area contributed by atoms with E-state index in [-0.39, 0.29) is 11.3 Å². The van der Waals surface area contributed by atoms with Crippen LogP contribution in [0.25, 0.3) is 0 Å². The number of aryl methyl sites for hydroxylation is 1. The molecule has 0 saturated carbocycles. The molecule has 2 rings (SSSR count). The molecule has 0 saturated heterocycles. The third kappa shape index (κ3) is 2.99. The van der Waals surface area contributed by atoms with Crippen LogP contribution in [-0.2, 0) is 0 Å². The number of ether oxygens (including phenoxy) is 1. The van der Waals surface area contributed by atoms with Crippen molar-refractivity contribution in [1.82, 2.24) is 0 Å². The van der Waals surface area contributed by atoms with Crippen LogP contribution in [0.2, 0.25) is 0 Å². The highest BCUT2D eigenvalue weighted by Crippen LogP contribution is 2.20. The van der Waals surface area contributed by atoms with E-state index in [1.165, 1.54) is 6.07 Å². The van der Waals surface area contributed by atoms with Gasteiger partial charge in [0.1, 0.15) is 0 Å². The van der Waals surface area contributed by atoms with Gasteiger partial charge in [0.05, 0.1) is 0 Å². The number of rotatable bonds is 4. The molecule has 2 nitrogen and oxygen atoms in total. The first-order valence-corrected chi connectivity index (χ1v) is 5.85. The van der Waals surface area contributed by atoms with Gasteiger partial charge in [-0.1, -0.05) is 12.1 Å². The third-order valence-electron chi connectivity index (χ3n) is 2.76. The van der Waals surface area contributed by atoms with Gasteiger partial charge in [-0.15, -0.1) is 0 Å². The Kier molecular flexibility index (Phi) is 4.08. The van der Waals surface area contributed by atoms with Crippen molar-refractivity contribution in [3.05, 3.63) is 65.0 Å². The van der Waals surface area contributed by atoms with Gasteiger partial charge in [0, 0.05) is 5.56 Å². The zero-order valence-corrected chi connectivity index (χ0v) is 10.6. The van der Waals surface area contributed by atoms with Crippen LogP contribution < -0.4 is 4.74 Å². The van der Waals surface area contributed by atoms with Crippen molar-refractivity contribution >= 4 is 5.78 Å². The fourth-order valence-corrected chi connectivity index (χ4v) is 1.63. The summed E-state index contributed by atoms with van der Waals surface area (Å²) in [5.41, 5.74) is 0.361. The summed E-state index contributed by atoms with van der Waals surface area (Å²) >= 11 is 0. The maximum atomic E-state index is 13.6. The second-order valence-electron chi connectivity index (χ2n) is 4.23. The molecule has 0 unspecified atom stereocenters. The highest BCUT2D eigenvalue weighted by molar-refractivity contribution is 5.97. The Balaban J connectivity index is 2.08. The minimum Gasteiger partial charge on any atom is -0.482 e. The number of carbonyl (C=O) groups excluding carboxylic acids is 1. The van der Waals surface area contributed by atoms with Crippen molar-refractivity contribution in [3.63, 3.8) is 0 Å². The van der Waals surface area contributed by atoms with E-state index in [4.69, 9.17) is 4.74 Å². The normalized spacial score (nSPS) is 10.4. The summed E-state index contributed by atoms with van der Waals surface area (Å²) in [6.07, 6.45) is 0. The fourth-order valence-electron chi connectivity index (χ4n) is 1.63. The van der Waals surface area contributed by atoms with Crippen LogP contribution >= 0.6 is 0 Å². The van der Waals surface area contributed by atoms with Crippen molar-refractivity contribution in [2.45, 2.75) is 6.92 Å². The van der Waals surface area contributed by atoms with Gasteiger partial charge in [-0.05, 0) is 36.8 Å². The Morgan fingerprint density at radius 1 is 1.10 bits per heavy atom. The monoisotopic (exact) mass is 280 g/mol. The maximum Gasteiger partial charge on any atom is 0.200 e. The highest BCUT2D eigenvalue weighted by Gasteiger charge is 2.12. The zero-order valence-electron chi connectivity index (χ0n) is 10.6. The Bertz CT molecular complexity index is 654. The van der Waals surface area contributed by atoms with Crippen LogP contribution in [0.15, 0.2) is 36.4 Å². The van der Waals surface area contributed by atoms with Gasteiger partial charge >= 0.3 is 0 Å². The van der Waals surface area contributed by atoms with E-state index in [1.807, 2.05) is 0 Å². The minimum absolute atomic E-state index is 0.0306. The Labute approximate surface area is 113 Å². The summed E-state index contributed by atoms with van der Waals surface area (Å²) in [6.45, 7) is 1.12. The minimum atomic E-state index is -1.11. The van der Waals surface area contributed by atoms with Crippen molar-refractivity contribution in [1.29, 1.82) is 0 Å². The molecule has 0 aromatic heterocycles. The van der Waals surface area contributed by atoms with Crippen molar-refractivity contribution in [3.8, 4) is 5.75 Å². The number of halogens is 3. The quantitative estimate of drug-likeness (QED) is 0.799. The molecule has 0 aliphatic heterocycles. The largest absolute Gasteiger partial charge is 0.482 e. The van der Waals surface area contributed by atoms with Crippen molar-refractivity contribution in [2.75, 3.05) is 6.61 Å². The first-order valence-electron chi connectivity index (χ1n) is 5.85. The molecule has 0 atom stereocenters. The number of carbonyl (C=O) groups is 1. The average molecular weight is 280 g/mol. The van der Waals surface area contributed by atoms with E-state index in [0.29, 0.717) is 5.56 Å². The van der Waals surface area contributed by atoms with Crippen LogP contribution in [0.1, 0.15) is 15.9 Å². The van der Waals surface area contributed by atoms with E-state index in [2.05, 4.69) is 0 Å². The second-order valence-corrected chi connectivity index (χ2v) is 4.23. The molecule has 104 valence electrons. The lowest BCUT2D eigenvalue weighted by Gasteiger charge is -2.08. The topological polar surface area (TPSA) is 26.3 Å². The fraction of sp³-hybridized carbons (Fsp3) is 0.133. The molecule has 5 heteroatoms. The first-order chi connectivity index (χ1) is 9.49. The van der Waals surface area contributed by atoms with Gasteiger partial charge in [0.2, 0.25) is 0 Å². The highest BCUT2D eigenvalue weighted by atomic mass is 19.2. The van der Waals surface area contributed by atoms with Gasteiger partial charge in [-0.2, -0.15) is 0 Å². The molecule has 0 bridgehead atoms. The van der Waals surface area contributed by atoms with Crippen molar-refractivity contribution in [2.24, 2.45) is 0 Å². The smallest absolute Gasteiger partial charge is 0.200 e. The Morgan fingerprint density at radius 2 is 1.85 bits per heavy atom. The molecular weight excluding hydrogens is 269 g/mol. The number of Topliss-reactive ketones (excluding diaryl/α,β-unsaturated/α-hetero) is 1. The molecular formula is C15H11F3O2. The van der Waals surface area contributed by atoms with Crippen LogP contribution in [-0.4, -0.2) is 12.4 Å². The lowest BCUT2D eigenvalue weighted by molar-refractivity contribution is 0.0918. The molecule has 0 aliphatic carbocycles. The summed E-state index contributed by atoms with van der Waals surface area (Å²) in [6, 6.07) is 7.34. The zero-order chi connectivity index (χ0) is 14.7. The van der Waals surface area contributed by atoms with E-state index in [1.54, 1.807) is 19.1 Å². The van der Waals surface area contributed by atoms with Gasteiger partial charge < -0.3 is 4.74 Å². The first kappa shape index (κ1) is 14.1. The summed E-state index contributed by atoms with van der Waals surface area (Å²) in [4.78, 5) is 11.7. The van der Waals surface area contributed by atoms with E-state index < -0.39 is 29.8 Å². The lowest BCUT2D eigenvalue weighted by Crippen LogP contribution is -2.13. The van der Waals surface area contributed by atoms with E-state index >= 15 is 0 Å². The van der Waals surface area contributed by atoms with Crippen LogP contribution in [0.3, 0.4) is 0 Å². The predicted octanol–water partition coefficient (Wildman–Crippen LogP) is 3.67. The molecule has 0 aliphatic rings. The number of hydrogen-bond donors (Lipinski definition) is 0. The molecule has 20 heavy (non-hydrogen) atoms. The van der Waals surface area contributed by atoms with E-state index in [0.717, 1.165) is 18.2 Å². The van der Waals surface area contributed by atoms with E-state index in [9.17, 15) is 18.0 Å². The molecule has 0 radical (unpaired) electrons. The second kappa shape index (κ2) is 5.77.